The largest absolute Gasteiger partial charge is 0.381 e. The van der Waals surface area contributed by atoms with Gasteiger partial charge in [-0.15, -0.1) is 0 Å². The molecule has 3 amide bonds. The van der Waals surface area contributed by atoms with Gasteiger partial charge in [0.2, 0.25) is 11.8 Å². The third kappa shape index (κ3) is 3.37. The van der Waals surface area contributed by atoms with Gasteiger partial charge >= 0.3 is 0 Å². The van der Waals surface area contributed by atoms with E-state index in [0.29, 0.717) is 28.7 Å². The Hall–Kier alpha value is -3.55. The summed E-state index contributed by atoms with van der Waals surface area (Å²) in [6.07, 6.45) is 0.945. The van der Waals surface area contributed by atoms with Crippen LogP contribution in [0.2, 0.25) is 0 Å². The molecule has 0 radical (unpaired) electrons. The smallest absolute Gasteiger partial charge is 0.255 e. The van der Waals surface area contributed by atoms with Crippen molar-refractivity contribution in [3.05, 3.63) is 64.5 Å². The second-order valence-corrected chi connectivity index (χ2v) is 7.02. The molecule has 0 aliphatic carbocycles. The van der Waals surface area contributed by atoms with E-state index in [4.69, 9.17) is 0 Å². The van der Waals surface area contributed by atoms with Crippen LogP contribution in [0.25, 0.3) is 0 Å². The van der Waals surface area contributed by atoms with Crippen molar-refractivity contribution in [1.82, 2.24) is 10.2 Å². The number of piperidine rings is 1. The molecule has 2 aromatic carbocycles. The van der Waals surface area contributed by atoms with Crippen LogP contribution in [0.15, 0.2) is 36.4 Å². The molecule has 2 N–H and O–H groups in total. The lowest BCUT2D eigenvalue weighted by Crippen LogP contribution is -2.52. The lowest BCUT2D eigenvalue weighted by Gasteiger charge is -2.29. The summed E-state index contributed by atoms with van der Waals surface area (Å²) in [6.45, 7) is 0.358. The predicted octanol–water partition coefficient (Wildman–Crippen LogP) is 2.01. The van der Waals surface area contributed by atoms with Gasteiger partial charge in [0.1, 0.15) is 11.9 Å². The Morgan fingerprint density at radius 3 is 2.72 bits per heavy atom. The number of anilines is 1. The van der Waals surface area contributed by atoms with Crippen LogP contribution >= 0.6 is 0 Å². The zero-order valence-corrected chi connectivity index (χ0v) is 15.4. The number of rotatable bonds is 5. The first-order chi connectivity index (χ1) is 14.0. The average Bonchev–Trinajstić information content (AvgIpc) is 3.04. The van der Waals surface area contributed by atoms with Gasteiger partial charge in [0, 0.05) is 41.9 Å². The molecule has 1 unspecified atom stereocenters. The van der Waals surface area contributed by atoms with E-state index in [9.17, 15) is 23.6 Å². The quantitative estimate of drug-likeness (QED) is 0.597. The summed E-state index contributed by atoms with van der Waals surface area (Å²) in [5, 5.41) is 5.40. The molecule has 1 saturated heterocycles. The summed E-state index contributed by atoms with van der Waals surface area (Å²) >= 11 is 0. The fourth-order valence-electron chi connectivity index (χ4n) is 3.77. The van der Waals surface area contributed by atoms with Crippen LogP contribution < -0.4 is 10.6 Å². The first kappa shape index (κ1) is 18.8. The molecular formula is C21H18FN3O4. The fourth-order valence-corrected chi connectivity index (χ4v) is 3.77. The molecule has 8 heteroatoms. The molecule has 2 aliphatic heterocycles. The Morgan fingerprint density at radius 1 is 1.17 bits per heavy atom. The van der Waals surface area contributed by atoms with E-state index in [1.807, 2.05) is 0 Å². The second kappa shape index (κ2) is 7.46. The summed E-state index contributed by atoms with van der Waals surface area (Å²) in [5.41, 5.74) is 2.16. The maximum atomic E-state index is 14.3. The molecular weight excluding hydrogens is 377 g/mol. The summed E-state index contributed by atoms with van der Waals surface area (Å²) in [7, 11) is 0. The van der Waals surface area contributed by atoms with Gasteiger partial charge in [-0.2, -0.15) is 0 Å². The Balaban J connectivity index is 1.55. The van der Waals surface area contributed by atoms with Crippen LogP contribution in [0.1, 0.15) is 44.7 Å². The average molecular weight is 395 g/mol. The van der Waals surface area contributed by atoms with Crippen molar-refractivity contribution < 1.29 is 23.6 Å². The lowest BCUT2D eigenvalue weighted by molar-refractivity contribution is -0.136. The highest BCUT2D eigenvalue weighted by Gasteiger charge is 2.39. The molecule has 2 aromatic rings. The van der Waals surface area contributed by atoms with E-state index in [1.54, 1.807) is 30.3 Å². The highest BCUT2D eigenvalue weighted by atomic mass is 19.1. The molecule has 148 valence electrons. The minimum absolute atomic E-state index is 0.0122. The van der Waals surface area contributed by atoms with Crippen molar-refractivity contribution in [3.8, 4) is 0 Å². The Kier molecular flexibility index (Phi) is 4.84. The van der Waals surface area contributed by atoms with E-state index in [2.05, 4.69) is 10.6 Å². The number of aldehydes is 1. The number of halogens is 1. The topological polar surface area (TPSA) is 95.6 Å². The van der Waals surface area contributed by atoms with E-state index in [0.717, 1.165) is 0 Å². The highest BCUT2D eigenvalue weighted by Crippen LogP contribution is 2.32. The van der Waals surface area contributed by atoms with Crippen molar-refractivity contribution in [2.24, 2.45) is 0 Å². The van der Waals surface area contributed by atoms with E-state index >= 15 is 0 Å². The first-order valence-corrected chi connectivity index (χ1v) is 9.22. The molecule has 7 nitrogen and oxygen atoms in total. The number of hydrogen-bond acceptors (Lipinski definition) is 5. The van der Waals surface area contributed by atoms with Crippen molar-refractivity contribution in [2.45, 2.75) is 32.0 Å². The van der Waals surface area contributed by atoms with Crippen LogP contribution in [-0.4, -0.2) is 34.9 Å². The highest BCUT2D eigenvalue weighted by molar-refractivity contribution is 6.06. The van der Waals surface area contributed by atoms with Gasteiger partial charge in [-0.1, -0.05) is 18.2 Å². The molecule has 0 saturated carbocycles. The number of nitrogens with one attached hydrogen (secondary N) is 2. The summed E-state index contributed by atoms with van der Waals surface area (Å²) in [4.78, 5) is 48.8. The zero-order chi connectivity index (χ0) is 20.5. The van der Waals surface area contributed by atoms with Gasteiger partial charge in [0.15, 0.2) is 6.29 Å². The number of amides is 3. The number of hydrogen-bond donors (Lipinski definition) is 2. The SMILES string of the molecule is O=Cc1cccc(CNc2cccc3c2CN(C2CCC(=O)NC2=O)C3=O)c1F. The number of imide groups is 1. The third-order valence-corrected chi connectivity index (χ3v) is 5.29. The summed E-state index contributed by atoms with van der Waals surface area (Å²) in [5.74, 6) is -1.65. The molecule has 0 spiro atoms. The van der Waals surface area contributed by atoms with E-state index in [1.165, 1.54) is 11.0 Å². The molecule has 29 heavy (non-hydrogen) atoms. The molecule has 2 heterocycles. The zero-order valence-electron chi connectivity index (χ0n) is 15.4. The maximum absolute atomic E-state index is 14.3. The molecule has 2 aliphatic rings. The van der Waals surface area contributed by atoms with Crippen molar-refractivity contribution in [3.63, 3.8) is 0 Å². The molecule has 0 bridgehead atoms. The number of fused-ring (bicyclic) bond motifs is 1. The lowest BCUT2D eigenvalue weighted by atomic mass is 10.0. The molecule has 1 atom stereocenters. The maximum Gasteiger partial charge on any atom is 0.255 e. The van der Waals surface area contributed by atoms with Crippen LogP contribution in [0.4, 0.5) is 10.1 Å². The fraction of sp³-hybridized carbons (Fsp3) is 0.238. The molecule has 0 aromatic heterocycles. The van der Waals surface area contributed by atoms with Crippen LogP contribution in [0.5, 0.6) is 0 Å². The normalized spacial score (nSPS) is 18.4. The van der Waals surface area contributed by atoms with Crippen LogP contribution in [0, 0.1) is 5.82 Å². The van der Waals surface area contributed by atoms with Crippen molar-refractivity contribution >= 4 is 29.7 Å². The molecule has 4 rings (SSSR count). The van der Waals surface area contributed by atoms with Gasteiger partial charge < -0.3 is 10.2 Å². The predicted molar refractivity (Wildman–Crippen MR) is 102 cm³/mol. The number of benzene rings is 2. The van der Waals surface area contributed by atoms with Crippen molar-refractivity contribution in [1.29, 1.82) is 0 Å². The van der Waals surface area contributed by atoms with Crippen LogP contribution in [0.3, 0.4) is 0 Å². The minimum atomic E-state index is -0.692. The van der Waals surface area contributed by atoms with Gasteiger partial charge in [-0.25, -0.2) is 4.39 Å². The van der Waals surface area contributed by atoms with E-state index < -0.39 is 17.8 Å². The minimum Gasteiger partial charge on any atom is -0.381 e. The summed E-state index contributed by atoms with van der Waals surface area (Å²) < 4.78 is 14.3. The monoisotopic (exact) mass is 395 g/mol. The standard InChI is InChI=1S/C21H18FN3O4/c22-19-12(3-1-4-13(19)11-26)9-23-16-6-2-5-14-15(16)10-25(21(14)29)17-7-8-18(27)24-20(17)28/h1-6,11,17,23H,7-10H2,(H,24,27,28). The third-order valence-electron chi connectivity index (χ3n) is 5.29. The number of carbonyl (C=O) groups excluding carboxylic acids is 4. The first-order valence-electron chi connectivity index (χ1n) is 9.22. The second-order valence-electron chi connectivity index (χ2n) is 7.02. The van der Waals surface area contributed by atoms with Gasteiger partial charge in [-0.3, -0.25) is 24.5 Å². The Morgan fingerprint density at radius 2 is 1.97 bits per heavy atom. The van der Waals surface area contributed by atoms with E-state index in [-0.39, 0.29) is 43.3 Å². The van der Waals surface area contributed by atoms with Gasteiger partial charge in [-0.05, 0) is 24.6 Å². The number of carbonyl (C=O) groups is 4. The van der Waals surface area contributed by atoms with Gasteiger partial charge in [0.05, 0.1) is 5.56 Å². The van der Waals surface area contributed by atoms with Crippen LogP contribution in [-0.2, 0) is 22.7 Å². The van der Waals surface area contributed by atoms with Crippen molar-refractivity contribution in [2.75, 3.05) is 5.32 Å². The number of nitrogens with zero attached hydrogens (tertiary/aromatic N) is 1. The molecule has 1 fully saturated rings. The Labute approximate surface area is 165 Å². The Bertz CT molecular complexity index is 1040. The summed E-state index contributed by atoms with van der Waals surface area (Å²) in [6, 6.07) is 9.08. The van der Waals surface area contributed by atoms with Gasteiger partial charge in [0.25, 0.3) is 5.91 Å².